The molecule has 1 heterocycles. The quantitative estimate of drug-likeness (QED) is 0.694. The fraction of sp³-hybridized carbons (Fsp3) is 0.211. The molecule has 0 saturated carbocycles. The highest BCUT2D eigenvalue weighted by atomic mass is 16.3. The number of amides is 2. The monoisotopic (exact) mass is 322 g/mol. The van der Waals surface area contributed by atoms with Crippen LogP contribution in [0.1, 0.15) is 27.4 Å². The number of carbonyl (C=O) groups excluding carboxylic acids is 2. The molecular formula is C19H18N2O3. The van der Waals surface area contributed by atoms with Gasteiger partial charge in [-0.25, -0.2) is 4.90 Å². The number of carbonyl (C=O) groups is 2. The molecule has 2 aromatic rings. The van der Waals surface area contributed by atoms with Crippen LogP contribution in [-0.2, 0) is 4.79 Å². The number of fused-ring (bicyclic) bond motifs is 1. The van der Waals surface area contributed by atoms with Gasteiger partial charge in [0.1, 0.15) is 0 Å². The van der Waals surface area contributed by atoms with Gasteiger partial charge in [0.2, 0.25) is 5.91 Å². The van der Waals surface area contributed by atoms with E-state index >= 15 is 0 Å². The van der Waals surface area contributed by atoms with Gasteiger partial charge in [0.25, 0.3) is 5.91 Å². The molecule has 1 aliphatic rings. The third-order valence-electron chi connectivity index (χ3n) is 3.99. The Balaban J connectivity index is 2.07. The van der Waals surface area contributed by atoms with Crippen LogP contribution in [0.2, 0.25) is 0 Å². The zero-order chi connectivity index (χ0) is 17.1. The van der Waals surface area contributed by atoms with E-state index in [1.807, 2.05) is 19.1 Å². The summed E-state index contributed by atoms with van der Waals surface area (Å²) in [6.45, 7) is 2.09. The summed E-state index contributed by atoms with van der Waals surface area (Å²) in [5, 5.41) is 8.89. The van der Waals surface area contributed by atoms with Crippen LogP contribution in [0, 0.1) is 6.92 Å². The predicted molar refractivity (Wildman–Crippen MR) is 92.6 cm³/mol. The zero-order valence-electron chi connectivity index (χ0n) is 13.3. The van der Waals surface area contributed by atoms with Gasteiger partial charge in [-0.2, -0.15) is 0 Å². The van der Waals surface area contributed by atoms with Gasteiger partial charge in [-0.1, -0.05) is 35.9 Å². The molecule has 1 N–H and O–H groups in total. The van der Waals surface area contributed by atoms with E-state index in [-0.39, 0.29) is 25.0 Å². The Labute approximate surface area is 140 Å². The number of rotatable bonds is 4. The Bertz CT molecular complexity index is 797. The minimum atomic E-state index is -0.633. The summed E-state index contributed by atoms with van der Waals surface area (Å²) < 4.78 is 0. The highest BCUT2D eigenvalue weighted by Crippen LogP contribution is 2.31. The molecule has 1 aliphatic heterocycles. The molecule has 0 unspecified atom stereocenters. The first-order valence-electron chi connectivity index (χ1n) is 7.78. The van der Waals surface area contributed by atoms with E-state index in [2.05, 4.69) is 4.99 Å². The SMILES string of the molecule is Cc1ccc(N2C(=O)c3ccccc3[C@@H](C=NCCO)C2=O)cc1. The molecule has 24 heavy (non-hydrogen) atoms. The zero-order valence-corrected chi connectivity index (χ0v) is 13.3. The predicted octanol–water partition coefficient (Wildman–Crippen LogP) is 2.33. The number of hydrogen-bond acceptors (Lipinski definition) is 4. The number of aliphatic imine (C=N–C) groups is 1. The molecule has 0 aromatic heterocycles. The first kappa shape index (κ1) is 16.1. The van der Waals surface area contributed by atoms with E-state index in [9.17, 15) is 9.59 Å². The molecule has 5 heteroatoms. The average Bonchev–Trinajstić information content (AvgIpc) is 2.60. The normalized spacial score (nSPS) is 17.4. The van der Waals surface area contributed by atoms with Crippen molar-refractivity contribution in [2.24, 2.45) is 4.99 Å². The molecule has 0 bridgehead atoms. The second-order valence-corrected chi connectivity index (χ2v) is 5.66. The van der Waals surface area contributed by atoms with Gasteiger partial charge in [-0.15, -0.1) is 0 Å². The Hall–Kier alpha value is -2.79. The van der Waals surface area contributed by atoms with Crippen molar-refractivity contribution in [3.63, 3.8) is 0 Å². The van der Waals surface area contributed by atoms with Crippen molar-refractivity contribution < 1.29 is 14.7 Å². The lowest BCUT2D eigenvalue weighted by atomic mass is 9.89. The van der Waals surface area contributed by atoms with Gasteiger partial charge in [0.05, 0.1) is 24.8 Å². The Morgan fingerprint density at radius 2 is 1.83 bits per heavy atom. The number of hydrogen-bond donors (Lipinski definition) is 1. The standard InChI is InChI=1S/C19H18N2O3/c1-13-6-8-14(9-7-13)21-18(23)16-5-3-2-4-15(16)17(19(21)24)12-20-10-11-22/h2-9,12,17,22H,10-11H2,1H3/t17-/m1/s1. The summed E-state index contributed by atoms with van der Waals surface area (Å²) >= 11 is 0. The summed E-state index contributed by atoms with van der Waals surface area (Å²) in [6.07, 6.45) is 1.52. The van der Waals surface area contributed by atoms with E-state index < -0.39 is 5.92 Å². The van der Waals surface area contributed by atoms with Gasteiger partial charge in [0.15, 0.2) is 0 Å². The van der Waals surface area contributed by atoms with E-state index in [0.717, 1.165) is 5.56 Å². The molecule has 1 atom stereocenters. The van der Waals surface area contributed by atoms with Crippen LogP contribution in [0.15, 0.2) is 53.5 Å². The van der Waals surface area contributed by atoms with Crippen LogP contribution in [0.3, 0.4) is 0 Å². The van der Waals surface area contributed by atoms with Crippen LogP contribution in [0.25, 0.3) is 0 Å². The number of aryl methyl sites for hydroxylation is 1. The van der Waals surface area contributed by atoms with Gasteiger partial charge >= 0.3 is 0 Å². The largest absolute Gasteiger partial charge is 0.394 e. The van der Waals surface area contributed by atoms with E-state index in [1.54, 1.807) is 36.4 Å². The molecule has 2 amide bonds. The van der Waals surface area contributed by atoms with Crippen molar-refractivity contribution >= 4 is 23.7 Å². The minimum absolute atomic E-state index is 0.0837. The van der Waals surface area contributed by atoms with Gasteiger partial charge < -0.3 is 5.11 Å². The highest BCUT2D eigenvalue weighted by molar-refractivity contribution is 6.29. The third kappa shape index (κ3) is 2.86. The number of benzene rings is 2. The summed E-state index contributed by atoms with van der Waals surface area (Å²) in [5.74, 6) is -1.29. The molecule has 0 aliphatic carbocycles. The number of anilines is 1. The molecule has 0 spiro atoms. The first-order valence-corrected chi connectivity index (χ1v) is 7.78. The molecule has 5 nitrogen and oxygen atoms in total. The van der Waals surface area contributed by atoms with Crippen LogP contribution < -0.4 is 4.90 Å². The maximum Gasteiger partial charge on any atom is 0.265 e. The van der Waals surface area contributed by atoms with E-state index in [1.165, 1.54) is 11.1 Å². The summed E-state index contributed by atoms with van der Waals surface area (Å²) in [5.41, 5.74) is 2.75. The van der Waals surface area contributed by atoms with Gasteiger partial charge in [-0.3, -0.25) is 14.6 Å². The lowest BCUT2D eigenvalue weighted by Crippen LogP contribution is -2.45. The highest BCUT2D eigenvalue weighted by Gasteiger charge is 2.38. The van der Waals surface area contributed by atoms with Crippen molar-refractivity contribution in [2.75, 3.05) is 18.1 Å². The molecule has 3 rings (SSSR count). The van der Waals surface area contributed by atoms with Crippen molar-refractivity contribution in [1.29, 1.82) is 0 Å². The minimum Gasteiger partial charge on any atom is -0.394 e. The second-order valence-electron chi connectivity index (χ2n) is 5.66. The Kier molecular flexibility index (Phi) is 4.53. The van der Waals surface area contributed by atoms with E-state index in [0.29, 0.717) is 16.8 Å². The smallest absolute Gasteiger partial charge is 0.265 e. The van der Waals surface area contributed by atoms with Crippen LogP contribution in [0.4, 0.5) is 5.69 Å². The van der Waals surface area contributed by atoms with E-state index in [4.69, 9.17) is 5.11 Å². The van der Waals surface area contributed by atoms with Crippen LogP contribution >= 0.6 is 0 Å². The molecule has 0 fully saturated rings. The lowest BCUT2D eigenvalue weighted by Gasteiger charge is -2.31. The molecular weight excluding hydrogens is 304 g/mol. The maximum atomic E-state index is 12.9. The molecule has 122 valence electrons. The van der Waals surface area contributed by atoms with Crippen molar-refractivity contribution in [3.05, 3.63) is 65.2 Å². The third-order valence-corrected chi connectivity index (χ3v) is 3.99. The molecule has 0 radical (unpaired) electrons. The topological polar surface area (TPSA) is 70.0 Å². The fourth-order valence-electron chi connectivity index (χ4n) is 2.78. The summed E-state index contributed by atoms with van der Waals surface area (Å²) in [7, 11) is 0. The van der Waals surface area contributed by atoms with Crippen molar-refractivity contribution in [2.45, 2.75) is 12.8 Å². The Morgan fingerprint density at radius 1 is 1.12 bits per heavy atom. The number of aliphatic hydroxyl groups is 1. The molecule has 0 saturated heterocycles. The summed E-state index contributed by atoms with van der Waals surface area (Å²) in [4.78, 5) is 31.0. The first-order chi connectivity index (χ1) is 11.6. The van der Waals surface area contributed by atoms with Crippen LogP contribution in [-0.4, -0.2) is 36.3 Å². The maximum absolute atomic E-state index is 12.9. The number of aliphatic hydroxyl groups excluding tert-OH is 1. The number of imide groups is 1. The van der Waals surface area contributed by atoms with Crippen LogP contribution in [0.5, 0.6) is 0 Å². The lowest BCUT2D eigenvalue weighted by molar-refractivity contribution is -0.118. The van der Waals surface area contributed by atoms with Crippen molar-refractivity contribution in [3.8, 4) is 0 Å². The number of nitrogens with zero attached hydrogens (tertiary/aromatic N) is 2. The van der Waals surface area contributed by atoms with Gasteiger partial charge in [0, 0.05) is 11.8 Å². The summed E-state index contributed by atoms with van der Waals surface area (Å²) in [6, 6.07) is 14.3. The fourth-order valence-corrected chi connectivity index (χ4v) is 2.78. The average molecular weight is 322 g/mol. The second kappa shape index (κ2) is 6.76. The van der Waals surface area contributed by atoms with Gasteiger partial charge in [-0.05, 0) is 30.7 Å². The molecule has 2 aromatic carbocycles. The van der Waals surface area contributed by atoms with Crippen molar-refractivity contribution in [1.82, 2.24) is 0 Å². The Morgan fingerprint density at radius 3 is 2.54 bits per heavy atom.